The van der Waals surface area contributed by atoms with Crippen molar-refractivity contribution in [3.63, 3.8) is 0 Å². The summed E-state index contributed by atoms with van der Waals surface area (Å²) in [7, 11) is 0. The van der Waals surface area contributed by atoms with Crippen molar-refractivity contribution in [3.8, 4) is 0 Å². The first-order chi connectivity index (χ1) is 9.40. The van der Waals surface area contributed by atoms with Gasteiger partial charge in [0.1, 0.15) is 0 Å². The molecule has 0 aliphatic heterocycles. The Labute approximate surface area is 125 Å². The molecule has 0 amide bonds. The second kappa shape index (κ2) is 6.08. The molecule has 2 aromatic rings. The summed E-state index contributed by atoms with van der Waals surface area (Å²) in [5, 5.41) is 11.8. The number of rotatable bonds is 5. The Kier molecular flexibility index (Phi) is 4.63. The minimum absolute atomic E-state index is 0.600. The van der Waals surface area contributed by atoms with E-state index in [-0.39, 0.29) is 0 Å². The van der Waals surface area contributed by atoms with Crippen LogP contribution >= 0.6 is 11.6 Å². The highest BCUT2D eigenvalue weighted by Crippen LogP contribution is 2.26. The number of nitrogens with zero attached hydrogens (tertiary/aromatic N) is 2. The van der Waals surface area contributed by atoms with E-state index < -0.39 is 5.60 Å². The molecular weight excluding hydrogens is 272 g/mol. The van der Waals surface area contributed by atoms with Gasteiger partial charge in [0.15, 0.2) is 0 Å². The Hall–Kier alpha value is -1.16. The second-order valence-corrected chi connectivity index (χ2v) is 6.12. The van der Waals surface area contributed by atoms with E-state index in [9.17, 15) is 5.11 Å². The van der Waals surface area contributed by atoms with Gasteiger partial charge >= 0.3 is 0 Å². The summed E-state index contributed by atoms with van der Waals surface area (Å²) >= 11 is 6.35. The lowest BCUT2D eigenvalue weighted by molar-refractivity contribution is 0.0354. The molecule has 0 aliphatic carbocycles. The van der Waals surface area contributed by atoms with Gasteiger partial charge in [-0.3, -0.25) is 9.88 Å². The van der Waals surface area contributed by atoms with Gasteiger partial charge in [-0.2, -0.15) is 0 Å². The van der Waals surface area contributed by atoms with E-state index in [1.54, 1.807) is 6.20 Å². The number of aliphatic hydroxyl groups is 1. The number of fused-ring (bicyclic) bond motifs is 1. The predicted octanol–water partition coefficient (Wildman–Crippen LogP) is 3.48. The highest BCUT2D eigenvalue weighted by atomic mass is 35.5. The van der Waals surface area contributed by atoms with Crippen molar-refractivity contribution in [1.82, 2.24) is 9.88 Å². The van der Waals surface area contributed by atoms with Gasteiger partial charge in [0.05, 0.1) is 11.1 Å². The highest BCUT2D eigenvalue weighted by Gasteiger charge is 2.19. The number of halogens is 1. The van der Waals surface area contributed by atoms with E-state index in [0.717, 1.165) is 28.0 Å². The fourth-order valence-electron chi connectivity index (χ4n) is 2.38. The fraction of sp³-hybridized carbons (Fsp3) is 0.438. The number of benzene rings is 1. The van der Waals surface area contributed by atoms with Crippen LogP contribution in [-0.4, -0.2) is 33.7 Å². The van der Waals surface area contributed by atoms with Crippen LogP contribution in [0.1, 0.15) is 26.3 Å². The third-order valence-corrected chi connectivity index (χ3v) is 3.62. The highest BCUT2D eigenvalue weighted by molar-refractivity contribution is 6.32. The zero-order chi connectivity index (χ0) is 14.8. The number of hydrogen-bond acceptors (Lipinski definition) is 3. The average Bonchev–Trinajstić information content (AvgIpc) is 2.39. The van der Waals surface area contributed by atoms with E-state index in [0.29, 0.717) is 13.1 Å². The van der Waals surface area contributed by atoms with Crippen LogP contribution in [0.2, 0.25) is 5.02 Å². The summed E-state index contributed by atoms with van der Waals surface area (Å²) in [6.45, 7) is 7.86. The lowest BCUT2D eigenvalue weighted by Gasteiger charge is -2.28. The monoisotopic (exact) mass is 292 g/mol. The first kappa shape index (κ1) is 15.2. The molecule has 0 unspecified atom stereocenters. The molecule has 1 heterocycles. The average molecular weight is 293 g/mol. The molecule has 1 aromatic carbocycles. The van der Waals surface area contributed by atoms with E-state index in [1.165, 1.54) is 0 Å². The Bertz CT molecular complexity index is 593. The molecule has 20 heavy (non-hydrogen) atoms. The van der Waals surface area contributed by atoms with Gasteiger partial charge in [-0.15, -0.1) is 0 Å². The van der Waals surface area contributed by atoms with E-state index >= 15 is 0 Å². The molecular formula is C16H21ClN2O. The van der Waals surface area contributed by atoms with Gasteiger partial charge in [0, 0.05) is 35.3 Å². The maximum atomic E-state index is 9.99. The SMILES string of the molecule is CCN(Cc1c(Cl)ccc2cccnc12)CC(C)(C)O. The molecule has 0 radical (unpaired) electrons. The van der Waals surface area contributed by atoms with Crippen molar-refractivity contribution in [1.29, 1.82) is 0 Å². The van der Waals surface area contributed by atoms with Gasteiger partial charge in [-0.05, 0) is 32.5 Å². The van der Waals surface area contributed by atoms with Crippen molar-refractivity contribution in [3.05, 3.63) is 41.0 Å². The molecule has 0 bridgehead atoms. The normalized spacial score (nSPS) is 12.3. The summed E-state index contributed by atoms with van der Waals surface area (Å²) in [4.78, 5) is 6.63. The predicted molar refractivity (Wildman–Crippen MR) is 84.0 cm³/mol. The molecule has 0 aliphatic rings. The molecule has 2 rings (SSSR count). The number of aromatic nitrogens is 1. The first-order valence-electron chi connectivity index (χ1n) is 6.87. The van der Waals surface area contributed by atoms with E-state index in [1.807, 2.05) is 38.1 Å². The van der Waals surface area contributed by atoms with Crippen LogP contribution in [0.4, 0.5) is 0 Å². The van der Waals surface area contributed by atoms with E-state index in [2.05, 4.69) is 16.8 Å². The van der Waals surface area contributed by atoms with Gasteiger partial charge in [-0.25, -0.2) is 0 Å². The van der Waals surface area contributed by atoms with E-state index in [4.69, 9.17) is 11.6 Å². The third kappa shape index (κ3) is 3.69. The van der Waals surface area contributed by atoms with Crippen LogP contribution in [-0.2, 0) is 6.54 Å². The second-order valence-electron chi connectivity index (χ2n) is 5.72. The molecule has 1 N–H and O–H groups in total. The molecule has 0 fully saturated rings. The molecule has 0 spiro atoms. The van der Waals surface area contributed by atoms with Gasteiger partial charge in [0.25, 0.3) is 0 Å². The number of hydrogen-bond donors (Lipinski definition) is 1. The lowest BCUT2D eigenvalue weighted by atomic mass is 10.1. The molecule has 4 heteroatoms. The van der Waals surface area contributed by atoms with Crippen LogP contribution in [0.15, 0.2) is 30.5 Å². The zero-order valence-electron chi connectivity index (χ0n) is 12.2. The molecule has 108 valence electrons. The summed E-state index contributed by atoms with van der Waals surface area (Å²) in [5.74, 6) is 0. The Morgan fingerprint density at radius 3 is 2.70 bits per heavy atom. The van der Waals surface area contributed by atoms with Gasteiger partial charge < -0.3 is 5.11 Å². The molecule has 0 atom stereocenters. The standard InChI is InChI=1S/C16H21ClN2O/c1-4-19(11-16(2,3)20)10-13-14(17)8-7-12-6-5-9-18-15(12)13/h5-9,20H,4,10-11H2,1-3H3. The summed E-state index contributed by atoms with van der Waals surface area (Å²) in [5.41, 5.74) is 1.24. The van der Waals surface area contributed by atoms with Crippen molar-refractivity contribution >= 4 is 22.5 Å². The van der Waals surface area contributed by atoms with Crippen molar-refractivity contribution < 1.29 is 5.11 Å². The Morgan fingerprint density at radius 2 is 2.05 bits per heavy atom. The third-order valence-electron chi connectivity index (χ3n) is 3.26. The summed E-state index contributed by atoms with van der Waals surface area (Å²) in [6.07, 6.45) is 1.79. The molecule has 0 saturated heterocycles. The number of pyridine rings is 1. The van der Waals surface area contributed by atoms with Crippen molar-refractivity contribution in [2.45, 2.75) is 32.9 Å². The first-order valence-corrected chi connectivity index (χ1v) is 7.25. The zero-order valence-corrected chi connectivity index (χ0v) is 13.0. The minimum atomic E-state index is -0.722. The van der Waals surface area contributed by atoms with Crippen LogP contribution in [0.5, 0.6) is 0 Å². The van der Waals surface area contributed by atoms with Gasteiger partial charge in [0.2, 0.25) is 0 Å². The largest absolute Gasteiger partial charge is 0.389 e. The molecule has 1 aromatic heterocycles. The topological polar surface area (TPSA) is 36.4 Å². The molecule has 0 saturated carbocycles. The van der Waals surface area contributed by atoms with Crippen LogP contribution < -0.4 is 0 Å². The maximum absolute atomic E-state index is 9.99. The maximum Gasteiger partial charge on any atom is 0.0761 e. The summed E-state index contributed by atoms with van der Waals surface area (Å²) < 4.78 is 0. The van der Waals surface area contributed by atoms with Crippen LogP contribution in [0.25, 0.3) is 10.9 Å². The van der Waals surface area contributed by atoms with Gasteiger partial charge in [-0.1, -0.05) is 30.7 Å². The quantitative estimate of drug-likeness (QED) is 0.916. The van der Waals surface area contributed by atoms with Crippen LogP contribution in [0.3, 0.4) is 0 Å². The Balaban J connectivity index is 2.34. The summed E-state index contributed by atoms with van der Waals surface area (Å²) in [6, 6.07) is 7.86. The smallest absolute Gasteiger partial charge is 0.0761 e. The Morgan fingerprint density at radius 1 is 1.30 bits per heavy atom. The van der Waals surface area contributed by atoms with Crippen molar-refractivity contribution in [2.24, 2.45) is 0 Å². The molecule has 3 nitrogen and oxygen atoms in total. The van der Waals surface area contributed by atoms with Crippen LogP contribution in [0, 0.1) is 0 Å². The minimum Gasteiger partial charge on any atom is -0.389 e. The van der Waals surface area contributed by atoms with Crippen molar-refractivity contribution in [2.75, 3.05) is 13.1 Å². The lowest BCUT2D eigenvalue weighted by Crippen LogP contribution is -2.38. The number of likely N-dealkylation sites (N-methyl/N-ethyl adjacent to an activating group) is 1. The fourth-order valence-corrected chi connectivity index (χ4v) is 2.59.